The van der Waals surface area contributed by atoms with Gasteiger partial charge >= 0.3 is 0 Å². The molecule has 0 bridgehead atoms. The molecule has 0 amide bonds. The minimum Gasteiger partial charge on any atom is -0.378 e. The van der Waals surface area contributed by atoms with Gasteiger partial charge in [0, 0.05) is 31.0 Å². The summed E-state index contributed by atoms with van der Waals surface area (Å²) in [6, 6.07) is 10.1. The lowest BCUT2D eigenvalue weighted by Gasteiger charge is -2.28. The summed E-state index contributed by atoms with van der Waals surface area (Å²) < 4.78 is 18.8. The van der Waals surface area contributed by atoms with Crippen LogP contribution in [0, 0.1) is 0 Å². The molecule has 1 aliphatic rings. The Labute approximate surface area is 155 Å². The van der Waals surface area contributed by atoms with Crippen LogP contribution in [0.2, 0.25) is 0 Å². The van der Waals surface area contributed by atoms with E-state index in [-0.39, 0.29) is 6.54 Å². The summed E-state index contributed by atoms with van der Waals surface area (Å²) in [7, 11) is 0. The lowest BCUT2D eigenvalue weighted by molar-refractivity contribution is 0.122. The fraction of sp³-hybridized carbons (Fsp3) is 0.333. The number of benzene rings is 1. The summed E-state index contributed by atoms with van der Waals surface area (Å²) >= 11 is 1.54. The maximum atomic E-state index is 12.5. The molecule has 0 unspecified atom stereocenters. The molecule has 2 N–H and O–H groups in total. The average molecular weight is 373 g/mol. The minimum absolute atomic E-state index is 0.234. The molecule has 0 atom stereocenters. The summed E-state index contributed by atoms with van der Waals surface area (Å²) in [6.45, 7) is 3.15. The van der Waals surface area contributed by atoms with E-state index < -0.39 is 6.67 Å². The Morgan fingerprint density at radius 1 is 1.12 bits per heavy atom. The summed E-state index contributed by atoms with van der Waals surface area (Å²) in [5, 5.41) is 8.23. The van der Waals surface area contributed by atoms with Crippen molar-refractivity contribution in [2.75, 3.05) is 55.1 Å². The van der Waals surface area contributed by atoms with Crippen molar-refractivity contribution in [1.82, 2.24) is 9.97 Å². The Morgan fingerprint density at radius 3 is 2.69 bits per heavy atom. The van der Waals surface area contributed by atoms with Crippen LogP contribution in [0.4, 0.5) is 27.5 Å². The number of halogens is 1. The molecule has 1 aromatic carbocycles. The number of rotatable bonds is 6. The Hall–Kier alpha value is -2.45. The zero-order valence-corrected chi connectivity index (χ0v) is 15.1. The fourth-order valence-electron chi connectivity index (χ4n) is 2.91. The van der Waals surface area contributed by atoms with E-state index in [0.717, 1.165) is 42.2 Å². The first kappa shape index (κ1) is 17.0. The Kier molecular flexibility index (Phi) is 5.12. The summed E-state index contributed by atoms with van der Waals surface area (Å²) in [5.74, 6) is 1.16. The van der Waals surface area contributed by atoms with Gasteiger partial charge in [-0.15, -0.1) is 11.3 Å². The van der Waals surface area contributed by atoms with Crippen molar-refractivity contribution < 1.29 is 9.13 Å². The quantitative estimate of drug-likeness (QED) is 0.688. The second kappa shape index (κ2) is 7.84. The molecule has 1 saturated heterocycles. The number of aromatic nitrogens is 2. The largest absolute Gasteiger partial charge is 0.378 e. The molecule has 3 aromatic rings. The zero-order valence-electron chi connectivity index (χ0n) is 14.2. The average Bonchev–Trinajstić information content (AvgIpc) is 3.16. The molecule has 4 rings (SSSR count). The van der Waals surface area contributed by atoms with Crippen LogP contribution in [-0.4, -0.2) is 49.5 Å². The van der Waals surface area contributed by atoms with Gasteiger partial charge in [-0.25, -0.2) is 9.37 Å². The molecule has 0 saturated carbocycles. The third-order valence-electron chi connectivity index (χ3n) is 4.19. The number of alkyl halides is 1. The van der Waals surface area contributed by atoms with Crippen LogP contribution in [0.25, 0.3) is 10.2 Å². The van der Waals surface area contributed by atoms with Gasteiger partial charge < -0.3 is 20.3 Å². The van der Waals surface area contributed by atoms with Crippen molar-refractivity contribution in [1.29, 1.82) is 0 Å². The number of nitrogens with one attached hydrogen (secondary N) is 2. The maximum absolute atomic E-state index is 12.5. The van der Waals surface area contributed by atoms with Gasteiger partial charge in [0.2, 0.25) is 5.95 Å². The van der Waals surface area contributed by atoms with Gasteiger partial charge in [-0.2, -0.15) is 4.98 Å². The Bertz CT molecular complexity index is 864. The number of fused-ring (bicyclic) bond motifs is 1. The fourth-order valence-corrected chi connectivity index (χ4v) is 3.71. The predicted octanol–water partition coefficient (Wildman–Crippen LogP) is 3.65. The molecular formula is C18H20FN5OS. The van der Waals surface area contributed by atoms with E-state index in [2.05, 4.69) is 37.6 Å². The topological polar surface area (TPSA) is 62.3 Å². The highest BCUT2D eigenvalue weighted by Gasteiger charge is 2.12. The van der Waals surface area contributed by atoms with Crippen molar-refractivity contribution in [2.24, 2.45) is 0 Å². The van der Waals surface area contributed by atoms with Gasteiger partial charge in [0.1, 0.15) is 12.5 Å². The van der Waals surface area contributed by atoms with Gasteiger partial charge in [-0.05, 0) is 35.7 Å². The molecule has 2 aromatic heterocycles. The van der Waals surface area contributed by atoms with Crippen LogP contribution in [0.5, 0.6) is 0 Å². The standard InChI is InChI=1S/C18H20FN5OS/c19-6-7-20-17-16-15(5-12-26-16)22-18(23-17)21-13-1-3-14(4-2-13)24-8-10-25-11-9-24/h1-5,12H,6-11H2,(H2,20,21,22,23). The molecule has 0 spiro atoms. The number of anilines is 4. The summed E-state index contributed by atoms with van der Waals surface area (Å²) in [4.78, 5) is 11.3. The monoisotopic (exact) mass is 373 g/mol. The third kappa shape index (κ3) is 3.71. The van der Waals surface area contributed by atoms with Crippen molar-refractivity contribution in [2.45, 2.75) is 0 Å². The van der Waals surface area contributed by atoms with Crippen LogP contribution in [0.3, 0.4) is 0 Å². The first-order chi connectivity index (χ1) is 12.8. The lowest BCUT2D eigenvalue weighted by Crippen LogP contribution is -2.36. The molecule has 0 radical (unpaired) electrons. The normalized spacial score (nSPS) is 14.6. The summed E-state index contributed by atoms with van der Waals surface area (Å²) in [5.41, 5.74) is 2.94. The van der Waals surface area contributed by atoms with E-state index >= 15 is 0 Å². The molecule has 0 aliphatic carbocycles. The van der Waals surface area contributed by atoms with E-state index in [1.54, 1.807) is 11.3 Å². The lowest BCUT2D eigenvalue weighted by atomic mass is 10.2. The minimum atomic E-state index is -0.442. The second-order valence-corrected chi connectivity index (χ2v) is 6.83. The van der Waals surface area contributed by atoms with Crippen LogP contribution in [0.15, 0.2) is 35.7 Å². The highest BCUT2D eigenvalue weighted by Crippen LogP contribution is 2.28. The molecule has 8 heteroatoms. The van der Waals surface area contributed by atoms with Crippen LogP contribution < -0.4 is 15.5 Å². The highest BCUT2D eigenvalue weighted by atomic mass is 32.1. The molecular weight excluding hydrogens is 353 g/mol. The molecule has 6 nitrogen and oxygen atoms in total. The molecule has 1 fully saturated rings. The van der Waals surface area contributed by atoms with Gasteiger partial charge in [-0.3, -0.25) is 0 Å². The van der Waals surface area contributed by atoms with E-state index in [1.165, 1.54) is 5.69 Å². The van der Waals surface area contributed by atoms with Gasteiger partial charge in [-0.1, -0.05) is 0 Å². The number of ether oxygens (including phenoxy) is 1. The molecule has 136 valence electrons. The second-order valence-electron chi connectivity index (χ2n) is 5.92. The number of hydrogen-bond acceptors (Lipinski definition) is 7. The SMILES string of the molecule is FCCNc1nc(Nc2ccc(N3CCOCC3)cc2)nc2ccsc12. The van der Waals surface area contributed by atoms with E-state index in [0.29, 0.717) is 11.8 Å². The van der Waals surface area contributed by atoms with Crippen molar-refractivity contribution in [3.8, 4) is 0 Å². The van der Waals surface area contributed by atoms with E-state index in [1.807, 2.05) is 23.6 Å². The van der Waals surface area contributed by atoms with Crippen molar-refractivity contribution >= 4 is 44.7 Å². The number of thiophene rings is 1. The van der Waals surface area contributed by atoms with Crippen LogP contribution in [0.1, 0.15) is 0 Å². The van der Waals surface area contributed by atoms with Crippen molar-refractivity contribution in [3.63, 3.8) is 0 Å². The van der Waals surface area contributed by atoms with Crippen LogP contribution in [-0.2, 0) is 4.74 Å². The molecule has 3 heterocycles. The third-order valence-corrected chi connectivity index (χ3v) is 5.10. The predicted molar refractivity (Wildman–Crippen MR) is 105 cm³/mol. The van der Waals surface area contributed by atoms with Crippen LogP contribution >= 0.6 is 11.3 Å². The zero-order chi connectivity index (χ0) is 17.8. The molecule has 1 aliphatic heterocycles. The van der Waals surface area contributed by atoms with Crippen molar-refractivity contribution in [3.05, 3.63) is 35.7 Å². The first-order valence-electron chi connectivity index (χ1n) is 8.58. The van der Waals surface area contributed by atoms with Gasteiger partial charge in [0.15, 0.2) is 0 Å². The van der Waals surface area contributed by atoms with Gasteiger partial charge in [0.25, 0.3) is 0 Å². The number of nitrogens with zero attached hydrogens (tertiary/aromatic N) is 3. The summed E-state index contributed by atoms with van der Waals surface area (Å²) in [6.07, 6.45) is 0. The first-order valence-corrected chi connectivity index (χ1v) is 9.46. The van der Waals surface area contributed by atoms with Gasteiger partial charge in [0.05, 0.1) is 23.4 Å². The van der Waals surface area contributed by atoms with E-state index in [9.17, 15) is 4.39 Å². The number of hydrogen-bond donors (Lipinski definition) is 2. The highest BCUT2D eigenvalue weighted by molar-refractivity contribution is 7.17. The van der Waals surface area contributed by atoms with E-state index in [4.69, 9.17) is 4.74 Å². The molecule has 26 heavy (non-hydrogen) atoms. The smallest absolute Gasteiger partial charge is 0.229 e. The number of morpholine rings is 1. The Balaban J connectivity index is 1.52. The Morgan fingerprint density at radius 2 is 1.92 bits per heavy atom. The maximum Gasteiger partial charge on any atom is 0.229 e.